The first-order valence-corrected chi connectivity index (χ1v) is 7.85. The molecule has 0 spiro atoms. The highest BCUT2D eigenvalue weighted by atomic mass is 19.1. The van der Waals surface area contributed by atoms with Gasteiger partial charge < -0.3 is 5.32 Å². The fourth-order valence-electron chi connectivity index (χ4n) is 2.60. The van der Waals surface area contributed by atoms with Gasteiger partial charge in [-0.2, -0.15) is 0 Å². The molecule has 1 unspecified atom stereocenters. The highest BCUT2D eigenvalue weighted by Crippen LogP contribution is 2.24. The number of hydrogen-bond donors (Lipinski definition) is 1. The lowest BCUT2D eigenvalue weighted by Crippen LogP contribution is -2.24. The standard InChI is InChI=1S/C20H16F2N2O/c21-17-10-6-11-18(22)19(17)24-20(25)16(14-7-2-1-3-8-14)13-15-9-4-5-12-23-15/h1-12,16H,13H2,(H,24,25). The number of para-hydroxylation sites is 1. The van der Waals surface area contributed by atoms with Crippen molar-refractivity contribution >= 4 is 11.6 Å². The van der Waals surface area contributed by atoms with Gasteiger partial charge in [-0.15, -0.1) is 0 Å². The van der Waals surface area contributed by atoms with E-state index in [2.05, 4.69) is 10.3 Å². The summed E-state index contributed by atoms with van der Waals surface area (Å²) in [6.07, 6.45) is 1.97. The summed E-state index contributed by atoms with van der Waals surface area (Å²) in [5, 5.41) is 2.38. The zero-order valence-electron chi connectivity index (χ0n) is 13.3. The first-order chi connectivity index (χ1) is 12.1. The van der Waals surface area contributed by atoms with Crippen LogP contribution in [0.4, 0.5) is 14.5 Å². The van der Waals surface area contributed by atoms with Gasteiger partial charge in [0.1, 0.15) is 17.3 Å². The third-order valence-electron chi connectivity index (χ3n) is 3.87. The summed E-state index contributed by atoms with van der Waals surface area (Å²) in [6, 6.07) is 18.0. The Hall–Kier alpha value is -3.08. The number of carbonyl (C=O) groups excluding carboxylic acids is 1. The van der Waals surface area contributed by atoms with Crippen molar-refractivity contribution in [2.75, 3.05) is 5.32 Å². The van der Waals surface area contributed by atoms with Crippen LogP contribution in [-0.4, -0.2) is 10.9 Å². The second kappa shape index (κ2) is 7.66. The number of benzene rings is 2. The van der Waals surface area contributed by atoms with Gasteiger partial charge in [-0.3, -0.25) is 9.78 Å². The smallest absolute Gasteiger partial charge is 0.232 e. The first kappa shape index (κ1) is 16.8. The van der Waals surface area contributed by atoms with E-state index >= 15 is 0 Å². The van der Waals surface area contributed by atoms with E-state index < -0.39 is 29.1 Å². The highest BCUT2D eigenvalue weighted by molar-refractivity contribution is 5.96. The molecule has 3 rings (SSSR count). The van der Waals surface area contributed by atoms with Crippen molar-refractivity contribution in [3.05, 3.63) is 95.8 Å². The first-order valence-electron chi connectivity index (χ1n) is 7.85. The molecule has 0 aliphatic heterocycles. The van der Waals surface area contributed by atoms with Crippen molar-refractivity contribution in [2.45, 2.75) is 12.3 Å². The predicted molar refractivity (Wildman–Crippen MR) is 92.1 cm³/mol. The second-order valence-electron chi connectivity index (χ2n) is 5.57. The number of anilines is 1. The lowest BCUT2D eigenvalue weighted by molar-refractivity contribution is -0.117. The monoisotopic (exact) mass is 338 g/mol. The molecule has 0 bridgehead atoms. The van der Waals surface area contributed by atoms with Crippen LogP contribution in [0.15, 0.2) is 72.9 Å². The SMILES string of the molecule is O=C(Nc1c(F)cccc1F)C(Cc1ccccn1)c1ccccc1. The topological polar surface area (TPSA) is 42.0 Å². The normalized spacial score (nSPS) is 11.8. The Morgan fingerprint density at radius 1 is 0.920 bits per heavy atom. The Kier molecular flexibility index (Phi) is 5.14. The molecular weight excluding hydrogens is 322 g/mol. The van der Waals surface area contributed by atoms with E-state index in [9.17, 15) is 13.6 Å². The van der Waals surface area contributed by atoms with Crippen molar-refractivity contribution in [1.29, 1.82) is 0 Å². The van der Waals surface area contributed by atoms with Crippen molar-refractivity contribution in [3.63, 3.8) is 0 Å². The minimum absolute atomic E-state index is 0.326. The zero-order chi connectivity index (χ0) is 17.6. The minimum atomic E-state index is -0.807. The number of nitrogens with zero attached hydrogens (tertiary/aromatic N) is 1. The number of aromatic nitrogens is 1. The van der Waals surface area contributed by atoms with Crippen LogP contribution in [0.5, 0.6) is 0 Å². The van der Waals surface area contributed by atoms with Crippen LogP contribution in [0, 0.1) is 11.6 Å². The third kappa shape index (κ3) is 4.07. The molecular formula is C20H16F2N2O. The van der Waals surface area contributed by atoms with Crippen LogP contribution < -0.4 is 5.32 Å². The predicted octanol–water partition coefficient (Wildman–Crippen LogP) is 4.32. The molecule has 1 N–H and O–H groups in total. The highest BCUT2D eigenvalue weighted by Gasteiger charge is 2.23. The van der Waals surface area contributed by atoms with Crippen LogP contribution in [0.1, 0.15) is 17.2 Å². The van der Waals surface area contributed by atoms with E-state index in [1.807, 2.05) is 42.5 Å². The van der Waals surface area contributed by atoms with E-state index in [1.165, 1.54) is 6.07 Å². The number of pyridine rings is 1. The quantitative estimate of drug-likeness (QED) is 0.752. The number of carbonyl (C=O) groups is 1. The molecule has 0 aliphatic carbocycles. The van der Waals surface area contributed by atoms with E-state index in [-0.39, 0.29) is 0 Å². The van der Waals surface area contributed by atoms with E-state index in [4.69, 9.17) is 0 Å². The van der Waals surface area contributed by atoms with Crippen molar-refractivity contribution in [2.24, 2.45) is 0 Å². The average molecular weight is 338 g/mol. The molecule has 1 atom stereocenters. The molecule has 25 heavy (non-hydrogen) atoms. The minimum Gasteiger partial charge on any atom is -0.321 e. The largest absolute Gasteiger partial charge is 0.321 e. The van der Waals surface area contributed by atoms with Crippen molar-refractivity contribution < 1.29 is 13.6 Å². The summed E-state index contributed by atoms with van der Waals surface area (Å²) in [6.45, 7) is 0. The summed E-state index contributed by atoms with van der Waals surface area (Å²) in [4.78, 5) is 17.0. The van der Waals surface area contributed by atoms with Gasteiger partial charge in [0.05, 0.1) is 5.92 Å². The molecule has 3 aromatic rings. The Morgan fingerprint density at radius 2 is 1.60 bits per heavy atom. The van der Waals surface area contributed by atoms with Gasteiger partial charge in [0.2, 0.25) is 5.91 Å². The van der Waals surface area contributed by atoms with Gasteiger partial charge in [0.15, 0.2) is 0 Å². The van der Waals surface area contributed by atoms with E-state index in [0.717, 1.165) is 23.4 Å². The van der Waals surface area contributed by atoms with E-state index in [0.29, 0.717) is 6.42 Å². The van der Waals surface area contributed by atoms with E-state index in [1.54, 1.807) is 12.3 Å². The maximum atomic E-state index is 13.8. The van der Waals surface area contributed by atoms with Crippen LogP contribution in [0.25, 0.3) is 0 Å². The molecule has 126 valence electrons. The fraction of sp³-hybridized carbons (Fsp3) is 0.100. The molecule has 0 aliphatic rings. The average Bonchev–Trinajstić information content (AvgIpc) is 2.64. The number of amides is 1. The number of nitrogens with one attached hydrogen (secondary N) is 1. The molecule has 3 nitrogen and oxygen atoms in total. The lowest BCUT2D eigenvalue weighted by atomic mass is 9.93. The van der Waals surface area contributed by atoms with Crippen molar-refractivity contribution in [3.8, 4) is 0 Å². The van der Waals surface area contributed by atoms with Gasteiger partial charge in [-0.05, 0) is 29.8 Å². The number of hydrogen-bond acceptors (Lipinski definition) is 2. The van der Waals surface area contributed by atoms with Crippen LogP contribution in [-0.2, 0) is 11.2 Å². The van der Waals surface area contributed by atoms with Crippen LogP contribution in [0.2, 0.25) is 0 Å². The van der Waals surface area contributed by atoms with Crippen LogP contribution >= 0.6 is 0 Å². The Bertz CT molecular complexity index is 834. The molecule has 0 saturated carbocycles. The molecule has 0 radical (unpaired) electrons. The van der Waals surface area contributed by atoms with Gasteiger partial charge >= 0.3 is 0 Å². The van der Waals surface area contributed by atoms with Crippen LogP contribution in [0.3, 0.4) is 0 Å². The van der Waals surface area contributed by atoms with Gasteiger partial charge in [-0.1, -0.05) is 42.5 Å². The molecule has 5 heteroatoms. The molecule has 2 aromatic carbocycles. The fourth-order valence-corrected chi connectivity index (χ4v) is 2.60. The molecule has 0 fully saturated rings. The summed E-state index contributed by atoms with van der Waals surface area (Å²) in [7, 11) is 0. The van der Waals surface area contributed by atoms with Crippen molar-refractivity contribution in [1.82, 2.24) is 4.98 Å². The molecule has 0 saturated heterocycles. The zero-order valence-corrected chi connectivity index (χ0v) is 13.3. The Balaban J connectivity index is 1.90. The number of halogens is 2. The van der Waals surface area contributed by atoms with Gasteiger partial charge in [-0.25, -0.2) is 8.78 Å². The Labute approximate surface area is 144 Å². The molecule has 1 amide bonds. The summed E-state index contributed by atoms with van der Waals surface area (Å²) in [5.74, 6) is -2.72. The molecule has 1 aromatic heterocycles. The van der Waals surface area contributed by atoms with Gasteiger partial charge in [0.25, 0.3) is 0 Å². The maximum absolute atomic E-state index is 13.8. The van der Waals surface area contributed by atoms with Gasteiger partial charge in [0, 0.05) is 18.3 Å². The number of rotatable bonds is 5. The summed E-state index contributed by atoms with van der Waals surface area (Å²) >= 11 is 0. The summed E-state index contributed by atoms with van der Waals surface area (Å²) in [5.41, 5.74) is 1.04. The maximum Gasteiger partial charge on any atom is 0.232 e. The molecule has 1 heterocycles. The second-order valence-corrected chi connectivity index (χ2v) is 5.57. The Morgan fingerprint density at radius 3 is 2.24 bits per heavy atom. The third-order valence-corrected chi connectivity index (χ3v) is 3.87. The summed E-state index contributed by atoms with van der Waals surface area (Å²) < 4.78 is 27.7. The lowest BCUT2D eigenvalue weighted by Gasteiger charge is -2.17.